The molecule has 0 amide bonds. The minimum absolute atomic E-state index is 1.16. The third kappa shape index (κ3) is 12.8. The summed E-state index contributed by atoms with van der Waals surface area (Å²) in [5, 5.41) is 3.62. The lowest BCUT2D eigenvalue weighted by atomic mass is 10.1. The third-order valence-electron chi connectivity index (χ3n) is 5.47. The van der Waals surface area contributed by atoms with Crippen LogP contribution in [0.15, 0.2) is 0 Å². The fourth-order valence-electron chi connectivity index (χ4n) is 3.51. The summed E-state index contributed by atoms with van der Waals surface area (Å²) in [6.45, 7) is 16.9. The maximum atomic E-state index is 3.62. The van der Waals surface area contributed by atoms with Crippen molar-refractivity contribution in [1.82, 2.24) is 20.0 Å². The van der Waals surface area contributed by atoms with Gasteiger partial charge in [-0.25, -0.2) is 0 Å². The SMILES string of the molecule is CCCCCCCNCCN1CCN(CCN(C)CCCCC)CC1. The standard InChI is InChI=1S/C21H46N4/c1-4-6-8-9-10-12-22-13-15-24-18-20-25(21-19-24)17-16-23(3)14-11-7-5-2/h22H,4-21H2,1-3H3. The largest absolute Gasteiger partial charge is 0.315 e. The molecule has 0 atom stereocenters. The van der Waals surface area contributed by atoms with Crippen LogP contribution in [0.3, 0.4) is 0 Å². The number of hydrogen-bond acceptors (Lipinski definition) is 4. The van der Waals surface area contributed by atoms with Gasteiger partial charge in [0.2, 0.25) is 0 Å². The van der Waals surface area contributed by atoms with E-state index in [9.17, 15) is 0 Å². The average molecular weight is 355 g/mol. The van der Waals surface area contributed by atoms with E-state index in [1.807, 2.05) is 0 Å². The molecule has 0 spiro atoms. The fourth-order valence-corrected chi connectivity index (χ4v) is 3.51. The van der Waals surface area contributed by atoms with Crippen LogP contribution in [0, 0.1) is 0 Å². The van der Waals surface area contributed by atoms with Crippen molar-refractivity contribution in [1.29, 1.82) is 0 Å². The molecule has 25 heavy (non-hydrogen) atoms. The quantitative estimate of drug-likeness (QED) is 0.429. The second-order valence-corrected chi connectivity index (χ2v) is 7.86. The van der Waals surface area contributed by atoms with E-state index in [2.05, 4.69) is 40.9 Å². The highest BCUT2D eigenvalue weighted by molar-refractivity contribution is 4.73. The molecule has 1 aliphatic rings. The Kier molecular flexibility index (Phi) is 14.7. The van der Waals surface area contributed by atoms with Gasteiger partial charge in [0.05, 0.1) is 0 Å². The highest BCUT2D eigenvalue weighted by Crippen LogP contribution is 2.03. The first-order valence-electron chi connectivity index (χ1n) is 11.1. The van der Waals surface area contributed by atoms with Crippen LogP contribution in [-0.2, 0) is 0 Å². The molecule has 1 fully saturated rings. The molecule has 0 saturated carbocycles. The molecule has 4 heteroatoms. The normalized spacial score (nSPS) is 16.8. The number of rotatable bonds is 16. The van der Waals surface area contributed by atoms with E-state index in [4.69, 9.17) is 0 Å². The van der Waals surface area contributed by atoms with Crippen molar-refractivity contribution in [2.24, 2.45) is 0 Å². The van der Waals surface area contributed by atoms with Crippen LogP contribution in [0.4, 0.5) is 0 Å². The zero-order valence-electron chi connectivity index (χ0n) is 17.6. The summed E-state index contributed by atoms with van der Waals surface area (Å²) in [7, 11) is 2.28. The summed E-state index contributed by atoms with van der Waals surface area (Å²) >= 11 is 0. The van der Waals surface area contributed by atoms with Crippen LogP contribution >= 0.6 is 0 Å². The Morgan fingerprint density at radius 1 is 0.680 bits per heavy atom. The molecule has 4 nitrogen and oxygen atoms in total. The van der Waals surface area contributed by atoms with E-state index in [0.717, 1.165) is 6.54 Å². The second kappa shape index (κ2) is 16.0. The fraction of sp³-hybridized carbons (Fsp3) is 1.00. The van der Waals surface area contributed by atoms with E-state index >= 15 is 0 Å². The van der Waals surface area contributed by atoms with Crippen LogP contribution in [0.2, 0.25) is 0 Å². The molecule has 0 aromatic rings. The van der Waals surface area contributed by atoms with Crippen LogP contribution in [-0.4, -0.2) is 87.2 Å². The van der Waals surface area contributed by atoms with E-state index in [0.29, 0.717) is 0 Å². The topological polar surface area (TPSA) is 21.8 Å². The molecule has 0 unspecified atom stereocenters. The molecule has 1 aliphatic heterocycles. The highest BCUT2D eigenvalue weighted by Gasteiger charge is 2.16. The van der Waals surface area contributed by atoms with Crippen LogP contribution < -0.4 is 5.32 Å². The maximum absolute atomic E-state index is 3.62. The minimum atomic E-state index is 1.16. The predicted octanol–water partition coefficient (Wildman–Crippen LogP) is 3.29. The number of nitrogens with one attached hydrogen (secondary N) is 1. The van der Waals surface area contributed by atoms with Gasteiger partial charge < -0.3 is 10.2 Å². The first-order chi connectivity index (χ1) is 12.3. The first-order valence-corrected chi connectivity index (χ1v) is 11.1. The van der Waals surface area contributed by atoms with Gasteiger partial charge in [-0.15, -0.1) is 0 Å². The van der Waals surface area contributed by atoms with Crippen molar-refractivity contribution in [3.63, 3.8) is 0 Å². The van der Waals surface area contributed by atoms with Crippen LogP contribution in [0.5, 0.6) is 0 Å². The minimum Gasteiger partial charge on any atom is -0.315 e. The van der Waals surface area contributed by atoms with Crippen molar-refractivity contribution in [2.75, 3.05) is 72.5 Å². The molecule has 1 rings (SSSR count). The van der Waals surface area contributed by atoms with Crippen LogP contribution in [0.25, 0.3) is 0 Å². The summed E-state index contributed by atoms with van der Waals surface area (Å²) in [5.74, 6) is 0. The van der Waals surface area contributed by atoms with Gasteiger partial charge in [-0.1, -0.05) is 52.4 Å². The Balaban J connectivity index is 1.92. The molecular formula is C21H46N4. The van der Waals surface area contributed by atoms with Crippen molar-refractivity contribution < 1.29 is 0 Å². The summed E-state index contributed by atoms with van der Waals surface area (Å²) in [4.78, 5) is 7.78. The summed E-state index contributed by atoms with van der Waals surface area (Å²) < 4.78 is 0. The van der Waals surface area contributed by atoms with Gasteiger partial charge in [0.25, 0.3) is 0 Å². The summed E-state index contributed by atoms with van der Waals surface area (Å²) in [5.41, 5.74) is 0. The molecule has 150 valence electrons. The van der Waals surface area contributed by atoms with E-state index in [-0.39, 0.29) is 0 Å². The van der Waals surface area contributed by atoms with E-state index in [1.54, 1.807) is 0 Å². The smallest absolute Gasteiger partial charge is 0.0110 e. The van der Waals surface area contributed by atoms with Gasteiger partial charge >= 0.3 is 0 Å². The molecule has 1 saturated heterocycles. The molecule has 0 aromatic heterocycles. The highest BCUT2D eigenvalue weighted by atomic mass is 15.3. The number of nitrogens with zero attached hydrogens (tertiary/aromatic N) is 3. The first kappa shape index (κ1) is 22.9. The Hall–Kier alpha value is -0.160. The van der Waals surface area contributed by atoms with Crippen molar-refractivity contribution in [3.05, 3.63) is 0 Å². The van der Waals surface area contributed by atoms with Crippen LogP contribution in [0.1, 0.15) is 65.2 Å². The predicted molar refractivity (Wildman–Crippen MR) is 112 cm³/mol. The molecule has 0 bridgehead atoms. The van der Waals surface area contributed by atoms with Crippen molar-refractivity contribution >= 4 is 0 Å². The average Bonchev–Trinajstić information content (AvgIpc) is 2.63. The van der Waals surface area contributed by atoms with Gasteiger partial charge in [0, 0.05) is 52.4 Å². The Labute approximate surface area is 158 Å². The Morgan fingerprint density at radius 3 is 1.96 bits per heavy atom. The maximum Gasteiger partial charge on any atom is 0.0110 e. The van der Waals surface area contributed by atoms with Gasteiger partial charge in [-0.2, -0.15) is 0 Å². The molecule has 0 aromatic carbocycles. The molecule has 0 radical (unpaired) electrons. The van der Waals surface area contributed by atoms with Crippen molar-refractivity contribution in [2.45, 2.75) is 65.2 Å². The van der Waals surface area contributed by atoms with Gasteiger partial charge in [-0.05, 0) is 33.0 Å². The number of unbranched alkanes of at least 4 members (excludes halogenated alkanes) is 6. The van der Waals surface area contributed by atoms with Gasteiger partial charge in [0.1, 0.15) is 0 Å². The Morgan fingerprint density at radius 2 is 1.28 bits per heavy atom. The summed E-state index contributed by atoms with van der Waals surface area (Å²) in [6, 6.07) is 0. The van der Waals surface area contributed by atoms with Gasteiger partial charge in [0.15, 0.2) is 0 Å². The zero-order chi connectivity index (χ0) is 18.2. The van der Waals surface area contributed by atoms with Gasteiger partial charge in [-0.3, -0.25) is 9.80 Å². The second-order valence-electron chi connectivity index (χ2n) is 7.86. The van der Waals surface area contributed by atoms with Crippen molar-refractivity contribution in [3.8, 4) is 0 Å². The third-order valence-corrected chi connectivity index (χ3v) is 5.47. The molecular weight excluding hydrogens is 308 g/mol. The zero-order valence-corrected chi connectivity index (χ0v) is 17.6. The molecule has 1 heterocycles. The number of hydrogen-bond donors (Lipinski definition) is 1. The summed E-state index contributed by atoms with van der Waals surface area (Å²) in [6.07, 6.45) is 10.9. The lowest BCUT2D eigenvalue weighted by Gasteiger charge is -2.35. The monoisotopic (exact) mass is 354 g/mol. The molecule has 1 N–H and O–H groups in total. The number of likely N-dealkylation sites (N-methyl/N-ethyl adjacent to an activating group) is 1. The lowest BCUT2D eigenvalue weighted by Crippen LogP contribution is -2.49. The Bertz CT molecular complexity index is 277. The van der Waals surface area contributed by atoms with E-state index < -0.39 is 0 Å². The lowest BCUT2D eigenvalue weighted by molar-refractivity contribution is 0.123. The van der Waals surface area contributed by atoms with E-state index in [1.165, 1.54) is 110 Å². The number of piperazine rings is 1. The molecule has 0 aliphatic carbocycles.